The van der Waals surface area contributed by atoms with E-state index in [1.54, 1.807) is 0 Å². The molecule has 0 aromatic carbocycles. The van der Waals surface area contributed by atoms with E-state index in [1.807, 2.05) is 0 Å². The van der Waals surface area contributed by atoms with Gasteiger partial charge in [0, 0.05) is 18.7 Å². The van der Waals surface area contributed by atoms with Gasteiger partial charge in [-0.05, 0) is 19.4 Å². The molecule has 1 aliphatic heterocycles. The number of nitroso groups, excluding NO2 is 1. The number of aliphatic hydroxyl groups is 1. The third-order valence-corrected chi connectivity index (χ3v) is 3.98. The van der Waals surface area contributed by atoms with Crippen LogP contribution in [-0.2, 0) is 9.59 Å². The Morgan fingerprint density at radius 2 is 2.15 bits per heavy atom. The van der Waals surface area contributed by atoms with Crippen LogP contribution < -0.4 is 5.73 Å². The first-order chi connectivity index (χ1) is 9.41. The molecule has 1 amide bonds. The molecule has 114 valence electrons. The molecule has 9 heteroatoms. The van der Waals surface area contributed by atoms with Crippen molar-refractivity contribution >= 4 is 24.5 Å². The summed E-state index contributed by atoms with van der Waals surface area (Å²) in [5.74, 6) is -2.05. The van der Waals surface area contributed by atoms with Crippen molar-refractivity contribution in [1.82, 2.24) is 4.90 Å². The van der Waals surface area contributed by atoms with E-state index in [0.29, 0.717) is 6.42 Å². The molecule has 1 heterocycles. The van der Waals surface area contributed by atoms with Crippen LogP contribution >= 0.6 is 12.6 Å². The summed E-state index contributed by atoms with van der Waals surface area (Å²) in [5, 5.41) is 21.5. The van der Waals surface area contributed by atoms with Crippen molar-refractivity contribution < 1.29 is 19.8 Å². The highest BCUT2D eigenvalue weighted by Crippen LogP contribution is 2.28. The number of amides is 1. The minimum atomic E-state index is -1.62. The molecule has 0 aliphatic carbocycles. The number of carboxylic acid groups (broad SMARTS) is 1. The van der Waals surface area contributed by atoms with Gasteiger partial charge in [0.2, 0.25) is 0 Å². The highest BCUT2D eigenvalue weighted by Gasteiger charge is 2.48. The molecular weight excluding hydrogens is 286 g/mol. The molecule has 0 bridgehead atoms. The topological polar surface area (TPSA) is 133 Å². The number of hydrogen-bond donors (Lipinski definition) is 4. The summed E-state index contributed by atoms with van der Waals surface area (Å²) >= 11 is 4.00. The predicted molar refractivity (Wildman–Crippen MR) is 74.4 cm³/mol. The Hall–Kier alpha value is -1.19. The van der Waals surface area contributed by atoms with Crippen molar-refractivity contribution in [1.29, 1.82) is 0 Å². The van der Waals surface area contributed by atoms with Gasteiger partial charge in [0.25, 0.3) is 5.91 Å². The SMILES string of the molecule is NCCCC(CS)(N=O)C(=O)N1CC(O)C[C@H]1C(=O)O. The summed E-state index contributed by atoms with van der Waals surface area (Å²) < 4.78 is 0. The maximum Gasteiger partial charge on any atom is 0.326 e. The minimum Gasteiger partial charge on any atom is -0.480 e. The number of aliphatic carboxylic acids is 1. The summed E-state index contributed by atoms with van der Waals surface area (Å²) in [6.07, 6.45) is -0.473. The van der Waals surface area contributed by atoms with Crippen molar-refractivity contribution in [2.24, 2.45) is 10.9 Å². The van der Waals surface area contributed by atoms with Crippen molar-refractivity contribution in [2.45, 2.75) is 36.9 Å². The maximum absolute atomic E-state index is 12.5. The first-order valence-corrected chi connectivity index (χ1v) is 6.92. The zero-order valence-electron chi connectivity index (χ0n) is 10.9. The maximum atomic E-state index is 12.5. The van der Waals surface area contributed by atoms with Crippen molar-refractivity contribution in [3.8, 4) is 0 Å². The Balaban J connectivity index is 2.99. The van der Waals surface area contributed by atoms with E-state index in [-0.39, 0.29) is 31.7 Å². The van der Waals surface area contributed by atoms with Crippen LogP contribution in [0.1, 0.15) is 19.3 Å². The number of likely N-dealkylation sites (tertiary alicyclic amines) is 1. The van der Waals surface area contributed by atoms with Gasteiger partial charge in [0.05, 0.1) is 6.10 Å². The van der Waals surface area contributed by atoms with Gasteiger partial charge in [-0.25, -0.2) is 4.79 Å². The fourth-order valence-electron chi connectivity index (χ4n) is 2.30. The number of rotatable bonds is 7. The highest BCUT2D eigenvalue weighted by molar-refractivity contribution is 7.80. The molecule has 0 saturated carbocycles. The average Bonchev–Trinajstić information content (AvgIpc) is 2.82. The third-order valence-electron chi connectivity index (χ3n) is 3.45. The van der Waals surface area contributed by atoms with E-state index < -0.39 is 29.6 Å². The Morgan fingerprint density at radius 3 is 2.60 bits per heavy atom. The monoisotopic (exact) mass is 305 g/mol. The van der Waals surface area contributed by atoms with Gasteiger partial charge >= 0.3 is 5.97 Å². The smallest absolute Gasteiger partial charge is 0.326 e. The predicted octanol–water partition coefficient (Wildman–Crippen LogP) is -0.793. The van der Waals surface area contributed by atoms with Crippen LogP contribution in [0.25, 0.3) is 0 Å². The van der Waals surface area contributed by atoms with Crippen LogP contribution in [0, 0.1) is 4.91 Å². The Bertz CT molecular complexity index is 394. The number of nitrogens with zero attached hydrogens (tertiary/aromatic N) is 2. The number of hydrogen-bond acceptors (Lipinski definition) is 7. The summed E-state index contributed by atoms with van der Waals surface area (Å²) in [7, 11) is 0. The molecule has 20 heavy (non-hydrogen) atoms. The normalized spacial score (nSPS) is 25.2. The number of carboxylic acids is 1. The van der Waals surface area contributed by atoms with Gasteiger partial charge in [-0.1, -0.05) is 5.18 Å². The second-order valence-corrected chi connectivity index (χ2v) is 5.19. The fourth-order valence-corrected chi connectivity index (χ4v) is 2.65. The number of carbonyl (C=O) groups is 2. The number of nitrogens with two attached hydrogens (primary N) is 1. The van der Waals surface area contributed by atoms with Crippen molar-refractivity contribution in [2.75, 3.05) is 18.8 Å². The molecular formula is C11H19N3O5S. The minimum absolute atomic E-state index is 0.0561. The molecule has 1 saturated heterocycles. The van der Waals surface area contributed by atoms with Crippen LogP contribution in [-0.4, -0.2) is 63.5 Å². The second-order valence-electron chi connectivity index (χ2n) is 4.87. The third kappa shape index (κ3) is 3.28. The van der Waals surface area contributed by atoms with E-state index in [2.05, 4.69) is 17.8 Å². The molecule has 2 unspecified atom stereocenters. The van der Waals surface area contributed by atoms with E-state index >= 15 is 0 Å². The zero-order valence-corrected chi connectivity index (χ0v) is 11.8. The first kappa shape index (κ1) is 16.9. The molecule has 1 fully saturated rings. The van der Waals surface area contributed by atoms with Crippen LogP contribution in [0.15, 0.2) is 5.18 Å². The van der Waals surface area contributed by atoms with Gasteiger partial charge in [0.1, 0.15) is 6.04 Å². The molecule has 0 aromatic rings. The Kier molecular flexibility index (Phi) is 5.90. The van der Waals surface area contributed by atoms with Crippen LogP contribution in [0.3, 0.4) is 0 Å². The Labute approximate surface area is 121 Å². The molecule has 0 aromatic heterocycles. The average molecular weight is 305 g/mol. The molecule has 1 rings (SSSR count). The fraction of sp³-hybridized carbons (Fsp3) is 0.818. The standard InChI is InChI=1S/C11H19N3O5S/c12-3-1-2-11(6-20,13-19)10(18)14-5-7(15)4-8(14)9(16)17/h7-8,15,20H,1-6,12H2,(H,16,17)/t7?,8-,11?/m0/s1. The summed E-state index contributed by atoms with van der Waals surface area (Å²) in [6, 6.07) is -1.14. The Morgan fingerprint density at radius 1 is 1.50 bits per heavy atom. The summed E-state index contributed by atoms with van der Waals surface area (Å²) in [4.78, 5) is 35.7. The van der Waals surface area contributed by atoms with Gasteiger partial charge in [-0.2, -0.15) is 12.6 Å². The number of β-amino-alcohol motifs (C(OH)–C–C–N with tert-alkyl or cyclic N) is 1. The van der Waals surface area contributed by atoms with E-state index in [0.717, 1.165) is 4.90 Å². The lowest BCUT2D eigenvalue weighted by Crippen LogP contribution is -2.52. The number of carbonyl (C=O) groups excluding carboxylic acids is 1. The molecule has 0 spiro atoms. The molecule has 4 N–H and O–H groups in total. The number of thiol groups is 1. The van der Waals surface area contributed by atoms with Crippen LogP contribution in [0.5, 0.6) is 0 Å². The van der Waals surface area contributed by atoms with Gasteiger partial charge in [-0.15, -0.1) is 4.91 Å². The lowest BCUT2D eigenvalue weighted by Gasteiger charge is -2.30. The molecule has 3 atom stereocenters. The van der Waals surface area contributed by atoms with Gasteiger partial charge in [0.15, 0.2) is 5.54 Å². The van der Waals surface area contributed by atoms with E-state index in [4.69, 9.17) is 10.8 Å². The van der Waals surface area contributed by atoms with Crippen LogP contribution in [0.4, 0.5) is 0 Å². The summed E-state index contributed by atoms with van der Waals surface area (Å²) in [6.45, 7) is 0.160. The second kappa shape index (κ2) is 7.00. The summed E-state index contributed by atoms with van der Waals surface area (Å²) in [5.41, 5.74) is 3.74. The zero-order chi connectivity index (χ0) is 15.3. The highest BCUT2D eigenvalue weighted by atomic mass is 32.1. The molecule has 1 aliphatic rings. The van der Waals surface area contributed by atoms with Gasteiger partial charge < -0.3 is 20.8 Å². The van der Waals surface area contributed by atoms with E-state index in [9.17, 15) is 19.6 Å². The number of aliphatic hydroxyl groups excluding tert-OH is 1. The lowest BCUT2D eigenvalue weighted by atomic mass is 9.94. The van der Waals surface area contributed by atoms with Gasteiger partial charge in [-0.3, -0.25) is 4.79 Å². The van der Waals surface area contributed by atoms with Crippen molar-refractivity contribution in [3.63, 3.8) is 0 Å². The largest absolute Gasteiger partial charge is 0.480 e. The van der Waals surface area contributed by atoms with Crippen molar-refractivity contribution in [3.05, 3.63) is 4.91 Å². The lowest BCUT2D eigenvalue weighted by molar-refractivity contribution is -0.150. The van der Waals surface area contributed by atoms with Crippen LogP contribution in [0.2, 0.25) is 0 Å². The first-order valence-electron chi connectivity index (χ1n) is 6.29. The van der Waals surface area contributed by atoms with E-state index in [1.165, 1.54) is 0 Å². The quantitative estimate of drug-likeness (QED) is 0.360. The molecule has 0 radical (unpaired) electrons. The molecule has 8 nitrogen and oxygen atoms in total.